The summed E-state index contributed by atoms with van der Waals surface area (Å²) < 4.78 is 5.83. The summed E-state index contributed by atoms with van der Waals surface area (Å²) >= 11 is 0. The van der Waals surface area contributed by atoms with Crippen LogP contribution in [-0.2, 0) is 6.54 Å². The number of benzene rings is 1. The molecule has 0 saturated carbocycles. The molecule has 2 atom stereocenters. The molecule has 0 aliphatic rings. The fraction of sp³-hybridized carbons (Fsp3) is 0.444. The molecule has 0 unspecified atom stereocenters. The number of hydrogen-bond donors (Lipinski definition) is 4. The molecule has 1 aromatic heterocycles. The second-order valence-electron chi connectivity index (χ2n) is 5.79. The van der Waals surface area contributed by atoms with Crippen molar-refractivity contribution in [2.45, 2.75) is 32.6 Å². The van der Waals surface area contributed by atoms with Gasteiger partial charge in [0.05, 0.1) is 18.8 Å². The number of rotatable bonds is 9. The molecule has 0 aliphatic carbocycles. The lowest BCUT2D eigenvalue weighted by molar-refractivity contribution is 0.191. The van der Waals surface area contributed by atoms with Gasteiger partial charge in [-0.05, 0) is 31.5 Å². The van der Waals surface area contributed by atoms with Crippen LogP contribution in [0.15, 0.2) is 40.8 Å². The minimum Gasteiger partial charge on any atom is -0.460 e. The van der Waals surface area contributed by atoms with E-state index in [1.54, 1.807) is 13.8 Å². The third-order valence-corrected chi connectivity index (χ3v) is 3.56. The lowest BCUT2D eigenvalue weighted by Gasteiger charge is -2.07. The van der Waals surface area contributed by atoms with Gasteiger partial charge in [-0.2, -0.15) is 0 Å². The van der Waals surface area contributed by atoms with Crippen molar-refractivity contribution in [3.63, 3.8) is 0 Å². The van der Waals surface area contributed by atoms with E-state index in [9.17, 15) is 5.11 Å². The van der Waals surface area contributed by atoms with E-state index in [0.29, 0.717) is 13.1 Å². The Hall–Kier alpha value is -1.66. The Morgan fingerprint density at radius 3 is 2.30 bits per heavy atom. The van der Waals surface area contributed by atoms with Gasteiger partial charge < -0.3 is 25.3 Å². The number of nitrogens with one attached hydrogen (secondary N) is 2. The van der Waals surface area contributed by atoms with Crippen LogP contribution in [0, 0.1) is 0 Å². The van der Waals surface area contributed by atoms with Crippen LogP contribution in [0.5, 0.6) is 0 Å². The molecule has 0 bridgehead atoms. The maximum absolute atomic E-state index is 9.53. The van der Waals surface area contributed by atoms with Crippen molar-refractivity contribution >= 4 is 0 Å². The predicted octanol–water partition coefficient (Wildman–Crippen LogP) is 2.06. The van der Waals surface area contributed by atoms with Crippen molar-refractivity contribution < 1.29 is 14.6 Å². The Bertz CT molecular complexity index is 576. The largest absolute Gasteiger partial charge is 0.460 e. The molecule has 5 heteroatoms. The van der Waals surface area contributed by atoms with Gasteiger partial charge >= 0.3 is 0 Å². The molecule has 1 aromatic carbocycles. The van der Waals surface area contributed by atoms with Gasteiger partial charge in [0.2, 0.25) is 0 Å². The van der Waals surface area contributed by atoms with Crippen LogP contribution in [0.25, 0.3) is 11.3 Å². The molecule has 23 heavy (non-hydrogen) atoms. The summed E-state index contributed by atoms with van der Waals surface area (Å²) in [6.45, 7) is 6.41. The van der Waals surface area contributed by atoms with Gasteiger partial charge in [-0.15, -0.1) is 0 Å². The molecule has 1 heterocycles. The predicted molar refractivity (Wildman–Crippen MR) is 91.0 cm³/mol. The second kappa shape index (κ2) is 8.84. The third-order valence-electron chi connectivity index (χ3n) is 3.56. The first-order valence-corrected chi connectivity index (χ1v) is 8.03. The number of hydrogen-bond acceptors (Lipinski definition) is 5. The third kappa shape index (κ3) is 5.80. The van der Waals surface area contributed by atoms with E-state index in [0.717, 1.165) is 35.7 Å². The molecule has 0 spiro atoms. The maximum atomic E-state index is 9.53. The Labute approximate surface area is 137 Å². The molecule has 126 valence electrons. The highest BCUT2D eigenvalue weighted by atomic mass is 16.3. The average molecular weight is 318 g/mol. The molecule has 2 rings (SSSR count). The molecule has 0 fully saturated rings. The van der Waals surface area contributed by atoms with Gasteiger partial charge in [0, 0.05) is 25.2 Å². The van der Waals surface area contributed by atoms with Crippen LogP contribution in [-0.4, -0.2) is 36.0 Å². The number of aliphatic hydroxyl groups excluding tert-OH is 2. The molecule has 4 N–H and O–H groups in total. The van der Waals surface area contributed by atoms with Crippen LogP contribution in [0.4, 0.5) is 0 Å². The molecular formula is C18H26N2O3. The van der Waals surface area contributed by atoms with Gasteiger partial charge in [0.25, 0.3) is 0 Å². The molecule has 0 aliphatic heterocycles. The zero-order valence-electron chi connectivity index (χ0n) is 13.7. The van der Waals surface area contributed by atoms with Crippen molar-refractivity contribution in [2.75, 3.05) is 19.6 Å². The topological polar surface area (TPSA) is 77.7 Å². The molecule has 5 nitrogen and oxygen atoms in total. The van der Waals surface area contributed by atoms with Crippen molar-refractivity contribution in [2.24, 2.45) is 0 Å². The molecular weight excluding hydrogens is 292 g/mol. The standard InChI is InChI=1S/C18H26N2O3/c1-13(21)11-19-9-10-20-12-17-7-8-18(23-17)16-5-3-15(4-6-16)14(2)22/h3-8,13-14,19-22H,9-12H2,1-2H3/t13-,14+/m0/s1. The van der Waals surface area contributed by atoms with Crippen LogP contribution in [0.2, 0.25) is 0 Å². The monoisotopic (exact) mass is 318 g/mol. The minimum atomic E-state index is -0.456. The first-order valence-electron chi connectivity index (χ1n) is 8.03. The Morgan fingerprint density at radius 2 is 1.65 bits per heavy atom. The lowest BCUT2D eigenvalue weighted by Crippen LogP contribution is -2.31. The highest BCUT2D eigenvalue weighted by Crippen LogP contribution is 2.24. The van der Waals surface area contributed by atoms with Gasteiger partial charge in [-0.3, -0.25) is 0 Å². The van der Waals surface area contributed by atoms with E-state index in [1.165, 1.54) is 0 Å². The lowest BCUT2D eigenvalue weighted by atomic mass is 10.1. The van der Waals surface area contributed by atoms with Gasteiger partial charge in [0.15, 0.2) is 0 Å². The summed E-state index contributed by atoms with van der Waals surface area (Å²) in [5.74, 6) is 1.71. The zero-order chi connectivity index (χ0) is 16.7. The highest BCUT2D eigenvalue weighted by molar-refractivity contribution is 5.58. The highest BCUT2D eigenvalue weighted by Gasteiger charge is 2.06. The van der Waals surface area contributed by atoms with E-state index in [-0.39, 0.29) is 6.10 Å². The Balaban J connectivity index is 1.79. The first kappa shape index (κ1) is 17.7. The minimum absolute atomic E-state index is 0.317. The van der Waals surface area contributed by atoms with Crippen molar-refractivity contribution in [3.05, 3.63) is 47.7 Å². The summed E-state index contributed by atoms with van der Waals surface area (Å²) in [5, 5.41) is 25.1. The SMILES string of the molecule is C[C@H](O)CNCCNCc1ccc(-c2ccc([C@@H](C)O)cc2)o1. The normalized spacial score (nSPS) is 13.9. The summed E-state index contributed by atoms with van der Waals surface area (Å²) in [6.07, 6.45) is -0.773. The molecule has 2 aromatic rings. The fourth-order valence-corrected chi connectivity index (χ4v) is 2.25. The maximum Gasteiger partial charge on any atom is 0.134 e. The van der Waals surface area contributed by atoms with Crippen LogP contribution >= 0.6 is 0 Å². The summed E-state index contributed by atoms with van der Waals surface area (Å²) in [6, 6.07) is 11.7. The van der Waals surface area contributed by atoms with E-state index in [1.807, 2.05) is 36.4 Å². The van der Waals surface area contributed by atoms with Crippen LogP contribution in [0.1, 0.15) is 31.3 Å². The second-order valence-corrected chi connectivity index (χ2v) is 5.79. The van der Waals surface area contributed by atoms with Crippen molar-refractivity contribution in [1.29, 1.82) is 0 Å². The molecule has 0 amide bonds. The van der Waals surface area contributed by atoms with Crippen LogP contribution in [0.3, 0.4) is 0 Å². The van der Waals surface area contributed by atoms with E-state index in [4.69, 9.17) is 9.52 Å². The Kier molecular flexibility index (Phi) is 6.80. The summed E-state index contributed by atoms with van der Waals surface area (Å²) in [5.41, 5.74) is 1.89. The van der Waals surface area contributed by atoms with Crippen molar-refractivity contribution in [1.82, 2.24) is 10.6 Å². The van der Waals surface area contributed by atoms with Gasteiger partial charge in [-0.1, -0.05) is 24.3 Å². The van der Waals surface area contributed by atoms with Crippen molar-refractivity contribution in [3.8, 4) is 11.3 Å². The molecule has 0 saturated heterocycles. The Morgan fingerprint density at radius 1 is 0.957 bits per heavy atom. The number of aliphatic hydroxyl groups is 2. The molecule has 0 radical (unpaired) electrons. The summed E-state index contributed by atoms with van der Waals surface area (Å²) in [7, 11) is 0. The number of furan rings is 1. The van der Waals surface area contributed by atoms with E-state index >= 15 is 0 Å². The smallest absolute Gasteiger partial charge is 0.134 e. The van der Waals surface area contributed by atoms with E-state index in [2.05, 4.69) is 10.6 Å². The van der Waals surface area contributed by atoms with E-state index < -0.39 is 6.10 Å². The van der Waals surface area contributed by atoms with Gasteiger partial charge in [-0.25, -0.2) is 0 Å². The zero-order valence-corrected chi connectivity index (χ0v) is 13.7. The quantitative estimate of drug-likeness (QED) is 0.532. The average Bonchev–Trinajstić information content (AvgIpc) is 2.99. The first-order chi connectivity index (χ1) is 11.1. The van der Waals surface area contributed by atoms with Gasteiger partial charge in [0.1, 0.15) is 11.5 Å². The van der Waals surface area contributed by atoms with Crippen LogP contribution < -0.4 is 10.6 Å². The fourth-order valence-electron chi connectivity index (χ4n) is 2.25. The summed E-state index contributed by atoms with van der Waals surface area (Å²) in [4.78, 5) is 0.